The maximum Gasteiger partial charge on any atom is 0.337 e. The van der Waals surface area contributed by atoms with Gasteiger partial charge in [-0.15, -0.1) is 0 Å². The molecule has 0 heterocycles. The van der Waals surface area contributed by atoms with Crippen molar-refractivity contribution in [1.29, 1.82) is 0 Å². The molecule has 2 N–H and O–H groups in total. The van der Waals surface area contributed by atoms with E-state index in [2.05, 4.69) is 0 Å². The molecule has 0 saturated carbocycles. The van der Waals surface area contributed by atoms with E-state index in [1.165, 1.54) is 0 Å². The van der Waals surface area contributed by atoms with Gasteiger partial charge in [0, 0.05) is 0 Å². The van der Waals surface area contributed by atoms with Gasteiger partial charge in [0.25, 0.3) is 0 Å². The third-order valence-electron chi connectivity index (χ3n) is 1.67. The van der Waals surface area contributed by atoms with Gasteiger partial charge < -0.3 is 14.9 Å². The van der Waals surface area contributed by atoms with Gasteiger partial charge in [-0.05, 0) is 20.3 Å². The molecule has 0 aliphatic rings. The molecule has 0 aromatic heterocycles. The Morgan fingerprint density at radius 3 is 2.42 bits per heavy atom. The normalized spacial score (nSPS) is 14.1. The summed E-state index contributed by atoms with van der Waals surface area (Å²) in [6.45, 7) is 4.77. The van der Waals surface area contributed by atoms with Crippen molar-refractivity contribution in [2.24, 2.45) is 0 Å². The molecule has 0 fully saturated rings. The van der Waals surface area contributed by atoms with Crippen molar-refractivity contribution in [2.75, 3.05) is 6.61 Å². The summed E-state index contributed by atoms with van der Waals surface area (Å²) in [4.78, 5) is 10.9. The monoisotopic (exact) mass is 176 g/mol. The van der Waals surface area contributed by atoms with Crippen molar-refractivity contribution < 1.29 is 19.7 Å². The van der Waals surface area contributed by atoms with E-state index in [1.54, 1.807) is 13.8 Å². The Balaban J connectivity index is 4.00. The smallest absolute Gasteiger partial charge is 0.337 e. The molecule has 4 heteroatoms. The number of esters is 1. The quantitative estimate of drug-likeness (QED) is 0.595. The van der Waals surface area contributed by atoms with Crippen LogP contribution in [0, 0.1) is 0 Å². The summed E-state index contributed by atoms with van der Waals surface area (Å²) in [6.07, 6.45) is -0.757. The molecule has 0 saturated heterocycles. The molecular formula is C8H16O4. The van der Waals surface area contributed by atoms with E-state index in [4.69, 9.17) is 14.9 Å². The summed E-state index contributed by atoms with van der Waals surface area (Å²) in [5, 5.41) is 17.3. The molecular weight excluding hydrogens is 160 g/mol. The number of aliphatic hydroxyl groups excluding tert-OH is 2. The second-order valence-electron chi connectivity index (χ2n) is 3.23. The summed E-state index contributed by atoms with van der Waals surface area (Å²) in [7, 11) is 0. The van der Waals surface area contributed by atoms with E-state index in [9.17, 15) is 4.79 Å². The number of ether oxygens (including phenoxy) is 1. The van der Waals surface area contributed by atoms with Crippen molar-refractivity contribution in [2.45, 2.75) is 38.9 Å². The van der Waals surface area contributed by atoms with E-state index < -0.39 is 24.3 Å². The second kappa shape index (κ2) is 4.42. The van der Waals surface area contributed by atoms with Crippen LogP contribution in [0.1, 0.15) is 27.2 Å². The summed E-state index contributed by atoms with van der Waals surface area (Å²) >= 11 is 0. The second-order valence-corrected chi connectivity index (χ2v) is 3.23. The lowest BCUT2D eigenvalue weighted by Crippen LogP contribution is -2.35. The zero-order chi connectivity index (χ0) is 9.78. The van der Waals surface area contributed by atoms with Gasteiger partial charge in [-0.25, -0.2) is 4.79 Å². The lowest BCUT2D eigenvalue weighted by atomic mass is 10.1. The van der Waals surface area contributed by atoms with Gasteiger partial charge in [0.2, 0.25) is 0 Å². The zero-order valence-corrected chi connectivity index (χ0v) is 7.70. The average Bonchev–Trinajstić information content (AvgIpc) is 2.02. The topological polar surface area (TPSA) is 66.8 Å². The van der Waals surface area contributed by atoms with E-state index in [0.29, 0.717) is 6.42 Å². The lowest BCUT2D eigenvalue weighted by Gasteiger charge is -2.24. The van der Waals surface area contributed by atoms with Gasteiger partial charge in [0.05, 0.1) is 6.61 Å². The highest BCUT2D eigenvalue weighted by Gasteiger charge is 2.24. The fourth-order valence-electron chi connectivity index (χ4n) is 0.487. The predicted molar refractivity (Wildman–Crippen MR) is 43.6 cm³/mol. The number of hydrogen-bond donors (Lipinski definition) is 2. The summed E-state index contributed by atoms with van der Waals surface area (Å²) in [5.41, 5.74) is -0.576. The molecule has 0 amide bonds. The molecule has 0 spiro atoms. The van der Waals surface area contributed by atoms with Gasteiger partial charge >= 0.3 is 5.97 Å². The summed E-state index contributed by atoms with van der Waals surface area (Å²) < 4.78 is 4.89. The van der Waals surface area contributed by atoms with Crippen molar-refractivity contribution >= 4 is 5.97 Å². The molecule has 0 aliphatic heterocycles. The maximum atomic E-state index is 10.9. The first-order valence-corrected chi connectivity index (χ1v) is 3.94. The van der Waals surface area contributed by atoms with Crippen LogP contribution in [0.5, 0.6) is 0 Å². The molecule has 4 nitrogen and oxygen atoms in total. The molecule has 1 unspecified atom stereocenters. The first-order chi connectivity index (χ1) is 5.43. The van der Waals surface area contributed by atoms with Crippen molar-refractivity contribution in [1.82, 2.24) is 0 Å². The Hall–Kier alpha value is -0.610. The van der Waals surface area contributed by atoms with Gasteiger partial charge in [0.15, 0.2) is 6.10 Å². The zero-order valence-electron chi connectivity index (χ0n) is 7.70. The minimum Gasteiger partial charge on any atom is -0.458 e. The molecule has 0 rings (SSSR count). The number of rotatable bonds is 4. The molecule has 72 valence electrons. The number of hydrogen-bond acceptors (Lipinski definition) is 4. The van der Waals surface area contributed by atoms with Crippen LogP contribution in [-0.4, -0.2) is 34.5 Å². The largest absolute Gasteiger partial charge is 0.458 e. The Morgan fingerprint density at radius 2 is 2.08 bits per heavy atom. The van der Waals surface area contributed by atoms with Crippen LogP contribution < -0.4 is 0 Å². The first kappa shape index (κ1) is 11.4. The van der Waals surface area contributed by atoms with Crippen LogP contribution in [0.4, 0.5) is 0 Å². The van der Waals surface area contributed by atoms with Crippen LogP contribution in [0.15, 0.2) is 0 Å². The fourth-order valence-corrected chi connectivity index (χ4v) is 0.487. The molecule has 0 radical (unpaired) electrons. The SMILES string of the molecule is CCC(C)(C)OC(=O)C(O)CO. The summed E-state index contributed by atoms with van der Waals surface area (Å²) in [6, 6.07) is 0. The van der Waals surface area contributed by atoms with Crippen LogP contribution >= 0.6 is 0 Å². The van der Waals surface area contributed by atoms with Crippen LogP contribution in [0.2, 0.25) is 0 Å². The number of aliphatic hydroxyl groups is 2. The Morgan fingerprint density at radius 1 is 1.58 bits per heavy atom. The van der Waals surface area contributed by atoms with Gasteiger partial charge in [0.1, 0.15) is 5.60 Å². The molecule has 0 aromatic rings. The van der Waals surface area contributed by atoms with Gasteiger partial charge in [-0.3, -0.25) is 0 Å². The maximum absolute atomic E-state index is 10.9. The lowest BCUT2D eigenvalue weighted by molar-refractivity contribution is -0.168. The average molecular weight is 176 g/mol. The van der Waals surface area contributed by atoms with Crippen LogP contribution in [0.3, 0.4) is 0 Å². The standard InChI is InChI=1S/C8H16O4/c1-4-8(2,3)12-7(11)6(10)5-9/h6,9-10H,4-5H2,1-3H3. The minimum atomic E-state index is -1.42. The first-order valence-electron chi connectivity index (χ1n) is 3.94. The minimum absolute atomic E-state index is 0.576. The molecule has 12 heavy (non-hydrogen) atoms. The van der Waals surface area contributed by atoms with E-state index in [-0.39, 0.29) is 0 Å². The third-order valence-corrected chi connectivity index (χ3v) is 1.67. The van der Waals surface area contributed by atoms with Crippen molar-refractivity contribution in [3.8, 4) is 0 Å². The Labute approximate surface area is 72.2 Å². The molecule has 0 aromatic carbocycles. The highest BCUT2D eigenvalue weighted by molar-refractivity contribution is 5.74. The van der Waals surface area contributed by atoms with Crippen molar-refractivity contribution in [3.05, 3.63) is 0 Å². The van der Waals surface area contributed by atoms with Gasteiger partial charge in [-0.2, -0.15) is 0 Å². The van der Waals surface area contributed by atoms with Gasteiger partial charge in [-0.1, -0.05) is 6.92 Å². The predicted octanol–water partition coefficient (Wildman–Crippen LogP) is 0.0714. The summed E-state index contributed by atoms with van der Waals surface area (Å²) in [5.74, 6) is -0.774. The number of carbonyl (C=O) groups is 1. The number of carbonyl (C=O) groups excluding carboxylic acids is 1. The fraction of sp³-hybridized carbons (Fsp3) is 0.875. The molecule has 1 atom stereocenters. The Kier molecular flexibility index (Phi) is 4.20. The van der Waals surface area contributed by atoms with Crippen molar-refractivity contribution in [3.63, 3.8) is 0 Å². The third kappa shape index (κ3) is 3.69. The van der Waals surface area contributed by atoms with E-state index >= 15 is 0 Å². The van der Waals surface area contributed by atoms with Crippen LogP contribution in [0.25, 0.3) is 0 Å². The molecule has 0 bridgehead atoms. The highest BCUT2D eigenvalue weighted by atomic mass is 16.6. The Bertz CT molecular complexity index is 153. The van der Waals surface area contributed by atoms with E-state index in [1.807, 2.05) is 6.92 Å². The van der Waals surface area contributed by atoms with E-state index in [0.717, 1.165) is 0 Å². The highest BCUT2D eigenvalue weighted by Crippen LogP contribution is 2.14. The molecule has 0 aliphatic carbocycles. The van der Waals surface area contributed by atoms with Crippen LogP contribution in [-0.2, 0) is 9.53 Å².